The molecule has 0 bridgehead atoms. The van der Waals surface area contributed by atoms with Gasteiger partial charge in [-0.05, 0) is 42.3 Å². The third-order valence-electron chi connectivity index (χ3n) is 4.85. The Balaban J connectivity index is 0.00000408. The molecule has 5 N–H and O–H groups in total. The van der Waals surface area contributed by atoms with Crippen LogP contribution in [-0.2, 0) is 26.0 Å². The van der Waals surface area contributed by atoms with E-state index in [9.17, 15) is 31.2 Å². The van der Waals surface area contributed by atoms with Gasteiger partial charge >= 0.3 is 0 Å². The lowest BCUT2D eigenvalue weighted by atomic mass is 10.0. The first kappa shape index (κ1) is 27.2. The molecule has 0 aliphatic carbocycles. The molecule has 2 aromatic carbocycles. The summed E-state index contributed by atoms with van der Waals surface area (Å²) in [4.78, 5) is 25.1. The zero-order chi connectivity index (χ0) is 24.3. The van der Waals surface area contributed by atoms with Gasteiger partial charge in [0.25, 0.3) is 0 Å². The smallest absolute Gasteiger partial charge is 0.249 e. The number of nitrogens with one attached hydrogen (secondary N) is 1. The van der Waals surface area contributed by atoms with E-state index in [-0.39, 0.29) is 47.8 Å². The molecule has 0 saturated heterocycles. The molecule has 34 heavy (non-hydrogen) atoms. The minimum absolute atomic E-state index is 0. The van der Waals surface area contributed by atoms with Crippen molar-refractivity contribution in [1.29, 1.82) is 0 Å². The van der Waals surface area contributed by atoms with Gasteiger partial charge in [0.05, 0.1) is 4.90 Å². The largest absolute Gasteiger partial charge is 0.327 e. The highest BCUT2D eigenvalue weighted by Gasteiger charge is 2.33. The van der Waals surface area contributed by atoms with Gasteiger partial charge in [0.2, 0.25) is 21.8 Å². The van der Waals surface area contributed by atoms with E-state index in [1.165, 1.54) is 30.5 Å². The van der Waals surface area contributed by atoms with E-state index < -0.39 is 51.4 Å². The summed E-state index contributed by atoms with van der Waals surface area (Å²) in [5, 5.41) is 12.4. The molecule has 3 rings (SSSR count). The van der Waals surface area contributed by atoms with Crippen molar-refractivity contribution in [1.82, 2.24) is 5.01 Å². The zero-order valence-corrected chi connectivity index (χ0v) is 19.1. The molecule has 1 unspecified atom stereocenters. The summed E-state index contributed by atoms with van der Waals surface area (Å²) in [6, 6.07) is 4.27. The Hall–Kier alpha value is -3.00. The van der Waals surface area contributed by atoms with E-state index in [4.69, 9.17) is 10.9 Å². The summed E-state index contributed by atoms with van der Waals surface area (Å²) in [5.74, 6) is -4.75. The lowest BCUT2D eigenvalue weighted by molar-refractivity contribution is -0.137. The van der Waals surface area contributed by atoms with Crippen molar-refractivity contribution in [2.45, 2.75) is 36.2 Å². The topological polar surface area (TPSA) is 148 Å². The number of hydrogen-bond acceptors (Lipinski definition) is 6. The fourth-order valence-corrected chi connectivity index (χ4v) is 3.73. The minimum Gasteiger partial charge on any atom is -0.327 e. The summed E-state index contributed by atoms with van der Waals surface area (Å²) in [6.07, 6.45) is 0.925. The van der Waals surface area contributed by atoms with E-state index in [0.717, 1.165) is 5.01 Å². The molecule has 2 aromatic rings. The van der Waals surface area contributed by atoms with Crippen molar-refractivity contribution in [3.63, 3.8) is 0 Å². The lowest BCUT2D eigenvalue weighted by Crippen LogP contribution is -2.43. The second-order valence-corrected chi connectivity index (χ2v) is 8.93. The average Bonchev–Trinajstić information content (AvgIpc) is 3.22. The molecule has 0 spiro atoms. The van der Waals surface area contributed by atoms with Crippen LogP contribution in [0.15, 0.2) is 46.4 Å². The number of carbonyl (C=O) groups excluding carboxylic acids is 2. The van der Waals surface area contributed by atoms with Gasteiger partial charge in [-0.2, -0.15) is 5.10 Å². The standard InChI is InChI=1S/C20H20F3N5O4S.ClH/c21-15-10-17(23)16(22)8-11(15)7-12(24)9-19(29)28-18(5-6-26-28)20(30)27-13-1-3-14(4-2-13)33(25,31)32;/h1-4,6,8,10,12,18H,5,7,9,24H2,(H,27,30)(H2,25,31,32);1H/t12-,18?;/m1./s1. The van der Waals surface area contributed by atoms with Crippen molar-refractivity contribution in [2.24, 2.45) is 16.0 Å². The quantitative estimate of drug-likeness (QED) is 0.476. The maximum Gasteiger partial charge on any atom is 0.249 e. The average molecular weight is 520 g/mol. The molecule has 0 radical (unpaired) electrons. The predicted molar refractivity (Wildman–Crippen MR) is 120 cm³/mol. The van der Waals surface area contributed by atoms with Gasteiger partial charge in [0, 0.05) is 36.9 Å². The number of hydrogen-bond donors (Lipinski definition) is 3. The summed E-state index contributed by atoms with van der Waals surface area (Å²) in [5.41, 5.74) is 5.97. The highest BCUT2D eigenvalue weighted by Crippen LogP contribution is 2.20. The van der Waals surface area contributed by atoms with Crippen molar-refractivity contribution in [3.8, 4) is 0 Å². The van der Waals surface area contributed by atoms with Crippen molar-refractivity contribution >= 4 is 46.1 Å². The van der Waals surface area contributed by atoms with Crippen LogP contribution in [0.3, 0.4) is 0 Å². The molecule has 1 aliphatic rings. The third-order valence-corrected chi connectivity index (χ3v) is 5.78. The van der Waals surface area contributed by atoms with E-state index in [1.807, 2.05) is 0 Å². The number of primary sulfonamides is 1. The summed E-state index contributed by atoms with van der Waals surface area (Å²) in [6.45, 7) is 0. The molecule has 1 aliphatic heterocycles. The first-order chi connectivity index (χ1) is 15.5. The Bertz CT molecular complexity index is 1210. The van der Waals surface area contributed by atoms with Crippen LogP contribution in [0.5, 0.6) is 0 Å². The Morgan fingerprint density at radius 2 is 1.74 bits per heavy atom. The van der Waals surface area contributed by atoms with E-state index >= 15 is 0 Å². The second kappa shape index (κ2) is 11.0. The van der Waals surface area contributed by atoms with Crippen LogP contribution in [0.2, 0.25) is 0 Å². The van der Waals surface area contributed by atoms with Crippen LogP contribution in [-0.4, -0.2) is 43.5 Å². The van der Waals surface area contributed by atoms with Crippen LogP contribution in [0.1, 0.15) is 18.4 Å². The maximum absolute atomic E-state index is 13.8. The molecule has 0 saturated carbocycles. The zero-order valence-electron chi connectivity index (χ0n) is 17.4. The van der Waals surface area contributed by atoms with Crippen molar-refractivity contribution in [2.75, 3.05) is 5.32 Å². The third kappa shape index (κ3) is 6.53. The molecule has 1 heterocycles. The monoisotopic (exact) mass is 519 g/mol. The molecule has 2 atom stereocenters. The Kier molecular flexibility index (Phi) is 8.78. The summed E-state index contributed by atoms with van der Waals surface area (Å²) in [7, 11) is -3.89. The second-order valence-electron chi connectivity index (χ2n) is 7.37. The molecule has 14 heteroatoms. The van der Waals surface area contributed by atoms with E-state index in [0.29, 0.717) is 12.1 Å². The molecule has 2 amide bonds. The van der Waals surface area contributed by atoms with Gasteiger partial charge in [-0.3, -0.25) is 9.59 Å². The van der Waals surface area contributed by atoms with Crippen molar-refractivity contribution in [3.05, 3.63) is 59.4 Å². The van der Waals surface area contributed by atoms with Crippen LogP contribution in [0.4, 0.5) is 18.9 Å². The van der Waals surface area contributed by atoms with Crippen LogP contribution < -0.4 is 16.2 Å². The van der Waals surface area contributed by atoms with Gasteiger partial charge in [-0.25, -0.2) is 31.7 Å². The fraction of sp³-hybridized carbons (Fsp3) is 0.250. The van der Waals surface area contributed by atoms with Gasteiger partial charge in [-0.15, -0.1) is 12.4 Å². The number of halogens is 4. The number of carbonyl (C=O) groups is 2. The Morgan fingerprint density at radius 1 is 1.12 bits per heavy atom. The highest BCUT2D eigenvalue weighted by molar-refractivity contribution is 7.89. The molecule has 9 nitrogen and oxygen atoms in total. The maximum atomic E-state index is 13.8. The van der Waals surface area contributed by atoms with Crippen LogP contribution in [0.25, 0.3) is 0 Å². The SMILES string of the molecule is Cl.N[C@@H](CC(=O)N1N=CCC1C(=O)Nc1ccc(S(N)(=O)=O)cc1)Cc1cc(F)c(F)cc1F. The molecular formula is C20H21ClF3N5O4S. The van der Waals surface area contributed by atoms with Crippen LogP contribution >= 0.6 is 12.4 Å². The van der Waals surface area contributed by atoms with Crippen LogP contribution in [0, 0.1) is 17.5 Å². The first-order valence-electron chi connectivity index (χ1n) is 9.63. The molecule has 184 valence electrons. The lowest BCUT2D eigenvalue weighted by Gasteiger charge is -2.23. The number of sulfonamides is 1. The first-order valence-corrected chi connectivity index (χ1v) is 11.2. The number of amides is 2. The highest BCUT2D eigenvalue weighted by atomic mass is 35.5. The fourth-order valence-electron chi connectivity index (χ4n) is 3.22. The normalized spacial score (nSPS) is 16.1. The molecular weight excluding hydrogens is 499 g/mol. The predicted octanol–water partition coefficient (Wildman–Crippen LogP) is 1.66. The van der Waals surface area contributed by atoms with E-state index in [1.54, 1.807) is 0 Å². The molecule has 0 fully saturated rings. The Morgan fingerprint density at radius 3 is 2.35 bits per heavy atom. The molecule has 0 aromatic heterocycles. The minimum atomic E-state index is -3.89. The number of benzene rings is 2. The number of nitrogens with zero attached hydrogens (tertiary/aromatic N) is 2. The Labute approximate surface area is 199 Å². The van der Waals surface area contributed by atoms with Gasteiger partial charge in [0.1, 0.15) is 11.9 Å². The summed E-state index contributed by atoms with van der Waals surface area (Å²) >= 11 is 0. The van der Waals surface area contributed by atoms with Gasteiger partial charge in [-0.1, -0.05) is 0 Å². The summed E-state index contributed by atoms with van der Waals surface area (Å²) < 4.78 is 62.9. The van der Waals surface area contributed by atoms with E-state index in [2.05, 4.69) is 10.4 Å². The van der Waals surface area contributed by atoms with Crippen molar-refractivity contribution < 1.29 is 31.2 Å². The number of hydrazone groups is 1. The number of nitrogens with two attached hydrogens (primary N) is 2. The number of rotatable bonds is 7. The number of anilines is 1. The van der Waals surface area contributed by atoms with Gasteiger partial charge in [0.15, 0.2) is 11.6 Å². The van der Waals surface area contributed by atoms with Gasteiger partial charge < -0.3 is 11.1 Å².